The van der Waals surface area contributed by atoms with Crippen molar-refractivity contribution in [3.63, 3.8) is 0 Å². The van der Waals surface area contributed by atoms with Gasteiger partial charge in [0.05, 0.1) is 6.10 Å². The molecule has 0 bridgehead atoms. The Morgan fingerprint density at radius 1 is 1.00 bits per heavy atom. The summed E-state index contributed by atoms with van der Waals surface area (Å²) < 4.78 is 5.78. The first-order valence-electron chi connectivity index (χ1n) is 7.10. The van der Waals surface area contributed by atoms with E-state index in [1.54, 1.807) is 0 Å². The molecule has 0 aliphatic rings. The summed E-state index contributed by atoms with van der Waals surface area (Å²) in [5.74, 6) is 1.27. The fraction of sp³-hybridized carbons (Fsp3) is 0.333. The number of rotatable bonds is 6. The van der Waals surface area contributed by atoms with E-state index in [0.29, 0.717) is 12.5 Å². The molecule has 2 rings (SSSR count). The first-order chi connectivity index (χ1) is 9.65. The Labute approximate surface area is 121 Å². The van der Waals surface area contributed by atoms with E-state index in [-0.39, 0.29) is 0 Å². The molecule has 106 valence electrons. The summed E-state index contributed by atoms with van der Waals surface area (Å²) in [5.41, 5.74) is 2.06. The van der Waals surface area contributed by atoms with Gasteiger partial charge in [-0.1, -0.05) is 56.3 Å². The van der Waals surface area contributed by atoms with Crippen LogP contribution in [0.4, 0.5) is 0 Å². The van der Waals surface area contributed by atoms with Crippen molar-refractivity contribution in [2.45, 2.75) is 33.0 Å². The van der Waals surface area contributed by atoms with Gasteiger partial charge in [0.1, 0.15) is 12.4 Å². The summed E-state index contributed by atoms with van der Waals surface area (Å²) in [6.07, 6.45) is 0.345. The molecule has 0 spiro atoms. The molecule has 1 N–H and O–H groups in total. The normalized spacial score (nSPS) is 12.4. The van der Waals surface area contributed by atoms with E-state index in [1.807, 2.05) is 54.6 Å². The van der Waals surface area contributed by atoms with Crippen molar-refractivity contribution in [3.8, 4) is 5.75 Å². The second-order valence-electron chi connectivity index (χ2n) is 5.49. The van der Waals surface area contributed by atoms with Crippen molar-refractivity contribution >= 4 is 0 Å². The molecular weight excluding hydrogens is 248 g/mol. The first-order valence-corrected chi connectivity index (χ1v) is 7.10. The van der Waals surface area contributed by atoms with E-state index in [2.05, 4.69) is 13.8 Å². The third-order valence-corrected chi connectivity index (χ3v) is 3.19. The molecule has 2 aromatic carbocycles. The topological polar surface area (TPSA) is 29.5 Å². The fourth-order valence-corrected chi connectivity index (χ4v) is 2.14. The molecule has 0 aliphatic carbocycles. The van der Waals surface area contributed by atoms with Crippen LogP contribution in [0.2, 0.25) is 0 Å². The van der Waals surface area contributed by atoms with E-state index < -0.39 is 6.10 Å². The van der Waals surface area contributed by atoms with Crippen LogP contribution >= 0.6 is 0 Å². The van der Waals surface area contributed by atoms with Crippen LogP contribution in [0.15, 0.2) is 54.6 Å². The highest BCUT2D eigenvalue weighted by Crippen LogP contribution is 2.24. The van der Waals surface area contributed by atoms with Crippen LogP contribution in [-0.4, -0.2) is 5.11 Å². The molecule has 1 atom stereocenters. The van der Waals surface area contributed by atoms with Gasteiger partial charge in [0.15, 0.2) is 0 Å². The SMILES string of the molecule is CC(C)CC(O)c1cccc(OCc2ccccc2)c1. The van der Waals surface area contributed by atoms with Gasteiger partial charge in [-0.05, 0) is 35.6 Å². The van der Waals surface area contributed by atoms with Crippen LogP contribution in [0.3, 0.4) is 0 Å². The van der Waals surface area contributed by atoms with Crippen molar-refractivity contribution in [2.75, 3.05) is 0 Å². The third-order valence-electron chi connectivity index (χ3n) is 3.19. The highest BCUT2D eigenvalue weighted by molar-refractivity contribution is 5.30. The van der Waals surface area contributed by atoms with E-state index in [9.17, 15) is 5.11 Å². The fourth-order valence-electron chi connectivity index (χ4n) is 2.14. The summed E-state index contributed by atoms with van der Waals surface area (Å²) in [7, 11) is 0. The average molecular weight is 270 g/mol. The molecule has 0 saturated heterocycles. The summed E-state index contributed by atoms with van der Waals surface area (Å²) in [5, 5.41) is 10.1. The minimum atomic E-state index is -0.421. The monoisotopic (exact) mass is 270 g/mol. The molecule has 1 unspecified atom stereocenters. The Hall–Kier alpha value is -1.80. The number of ether oxygens (including phenoxy) is 1. The Balaban J connectivity index is 1.99. The Morgan fingerprint density at radius 2 is 1.75 bits per heavy atom. The average Bonchev–Trinajstić information content (AvgIpc) is 2.46. The van der Waals surface area contributed by atoms with Crippen LogP contribution in [0.1, 0.15) is 37.5 Å². The van der Waals surface area contributed by atoms with Crippen LogP contribution in [-0.2, 0) is 6.61 Å². The third kappa shape index (κ3) is 4.39. The summed E-state index contributed by atoms with van der Waals surface area (Å²) >= 11 is 0. The van der Waals surface area contributed by atoms with E-state index in [1.165, 1.54) is 0 Å². The molecular formula is C18H22O2. The van der Waals surface area contributed by atoms with Crippen LogP contribution in [0, 0.1) is 5.92 Å². The number of hydrogen-bond acceptors (Lipinski definition) is 2. The molecule has 20 heavy (non-hydrogen) atoms. The van der Waals surface area contributed by atoms with Gasteiger partial charge in [0.2, 0.25) is 0 Å². The minimum Gasteiger partial charge on any atom is -0.489 e. The molecule has 2 nitrogen and oxygen atoms in total. The maximum Gasteiger partial charge on any atom is 0.120 e. The molecule has 2 heteroatoms. The van der Waals surface area contributed by atoms with Gasteiger partial charge < -0.3 is 9.84 Å². The summed E-state index contributed by atoms with van der Waals surface area (Å²) in [6.45, 7) is 4.77. The van der Waals surface area contributed by atoms with Gasteiger partial charge in [-0.3, -0.25) is 0 Å². The zero-order chi connectivity index (χ0) is 14.4. The zero-order valence-corrected chi connectivity index (χ0v) is 12.1. The maximum absolute atomic E-state index is 10.1. The molecule has 0 saturated carbocycles. The lowest BCUT2D eigenvalue weighted by molar-refractivity contribution is 0.150. The minimum absolute atomic E-state index is 0.421. The van der Waals surface area contributed by atoms with Crippen molar-refractivity contribution in [1.29, 1.82) is 0 Å². The lowest BCUT2D eigenvalue weighted by Gasteiger charge is -2.14. The first kappa shape index (κ1) is 14.6. The Morgan fingerprint density at radius 3 is 2.45 bits per heavy atom. The summed E-state index contributed by atoms with van der Waals surface area (Å²) in [6, 6.07) is 17.8. The lowest BCUT2D eigenvalue weighted by Crippen LogP contribution is -2.02. The predicted molar refractivity (Wildman–Crippen MR) is 81.6 cm³/mol. The van der Waals surface area contributed by atoms with Crippen LogP contribution in [0.5, 0.6) is 5.75 Å². The summed E-state index contributed by atoms with van der Waals surface area (Å²) in [4.78, 5) is 0. The molecule has 0 aliphatic heterocycles. The van der Waals surface area contributed by atoms with Crippen molar-refractivity contribution in [1.82, 2.24) is 0 Å². The quantitative estimate of drug-likeness (QED) is 0.845. The van der Waals surface area contributed by atoms with Gasteiger partial charge in [-0.15, -0.1) is 0 Å². The van der Waals surface area contributed by atoms with Crippen molar-refractivity contribution < 1.29 is 9.84 Å². The van der Waals surface area contributed by atoms with Gasteiger partial charge in [0.25, 0.3) is 0 Å². The van der Waals surface area contributed by atoms with E-state index in [0.717, 1.165) is 23.3 Å². The van der Waals surface area contributed by atoms with E-state index >= 15 is 0 Å². The molecule has 0 aromatic heterocycles. The number of benzene rings is 2. The standard InChI is InChI=1S/C18H22O2/c1-14(2)11-18(19)16-9-6-10-17(12-16)20-13-15-7-4-3-5-8-15/h3-10,12,14,18-19H,11,13H2,1-2H3. The smallest absolute Gasteiger partial charge is 0.120 e. The number of hydrogen-bond donors (Lipinski definition) is 1. The molecule has 0 amide bonds. The van der Waals surface area contributed by atoms with Crippen molar-refractivity contribution in [2.24, 2.45) is 5.92 Å². The Kier molecular flexibility index (Phi) is 5.19. The van der Waals surface area contributed by atoms with Gasteiger partial charge in [-0.2, -0.15) is 0 Å². The second kappa shape index (κ2) is 7.11. The van der Waals surface area contributed by atoms with Crippen molar-refractivity contribution in [3.05, 3.63) is 65.7 Å². The maximum atomic E-state index is 10.1. The molecule has 2 aromatic rings. The van der Waals surface area contributed by atoms with Crippen LogP contribution in [0.25, 0.3) is 0 Å². The highest BCUT2D eigenvalue weighted by Gasteiger charge is 2.10. The molecule has 0 radical (unpaired) electrons. The highest BCUT2D eigenvalue weighted by atomic mass is 16.5. The van der Waals surface area contributed by atoms with Crippen LogP contribution < -0.4 is 4.74 Å². The molecule has 0 heterocycles. The Bertz CT molecular complexity index is 520. The van der Waals surface area contributed by atoms with Gasteiger partial charge in [0, 0.05) is 0 Å². The second-order valence-corrected chi connectivity index (χ2v) is 5.49. The largest absolute Gasteiger partial charge is 0.489 e. The van der Waals surface area contributed by atoms with Gasteiger partial charge in [-0.25, -0.2) is 0 Å². The number of aliphatic hydroxyl groups excluding tert-OH is 1. The number of aliphatic hydroxyl groups is 1. The predicted octanol–water partition coefficient (Wildman–Crippen LogP) is 4.35. The zero-order valence-electron chi connectivity index (χ0n) is 12.1. The lowest BCUT2D eigenvalue weighted by atomic mass is 9.99. The van der Waals surface area contributed by atoms with Gasteiger partial charge >= 0.3 is 0 Å². The molecule has 0 fully saturated rings. The van der Waals surface area contributed by atoms with E-state index in [4.69, 9.17) is 4.74 Å².